The molecule has 0 fully saturated rings. The second-order valence-corrected chi connectivity index (χ2v) is 5.45. The van der Waals surface area contributed by atoms with Crippen LogP contribution >= 0.6 is 0 Å². The van der Waals surface area contributed by atoms with E-state index in [2.05, 4.69) is 11.1 Å². The predicted octanol–water partition coefficient (Wildman–Crippen LogP) is 3.10. The zero-order valence-electron chi connectivity index (χ0n) is 12.3. The van der Waals surface area contributed by atoms with Crippen LogP contribution in [0.1, 0.15) is 35.2 Å². The summed E-state index contributed by atoms with van der Waals surface area (Å²) in [4.78, 5) is 9.05. The number of nitrogens with zero attached hydrogens (tertiary/aromatic N) is 3. The van der Waals surface area contributed by atoms with Gasteiger partial charge in [-0.05, 0) is 67.1 Å². The van der Waals surface area contributed by atoms with Gasteiger partial charge < -0.3 is 5.11 Å². The largest absolute Gasteiger partial charge is 0.392 e. The molecule has 2 aromatic rings. The smallest absolute Gasteiger partial charge is 0.0991 e. The average molecular weight is 291 g/mol. The normalized spacial score (nSPS) is 13.2. The summed E-state index contributed by atoms with van der Waals surface area (Å²) in [6.45, 7) is 0.0467. The number of rotatable bonds is 4. The van der Waals surface area contributed by atoms with Crippen molar-refractivity contribution in [2.75, 3.05) is 0 Å². The Balaban J connectivity index is 1.71. The molecule has 0 unspecified atom stereocenters. The van der Waals surface area contributed by atoms with Crippen molar-refractivity contribution in [2.45, 2.75) is 32.3 Å². The van der Waals surface area contributed by atoms with Gasteiger partial charge in [0.15, 0.2) is 0 Å². The van der Waals surface area contributed by atoms with Crippen LogP contribution in [0.5, 0.6) is 0 Å². The lowest BCUT2D eigenvalue weighted by Crippen LogP contribution is -2.08. The highest BCUT2D eigenvalue weighted by Gasteiger charge is 2.13. The molecule has 0 atom stereocenters. The summed E-state index contributed by atoms with van der Waals surface area (Å²) < 4.78 is 0. The maximum absolute atomic E-state index is 9.16. The monoisotopic (exact) mass is 291 g/mol. The van der Waals surface area contributed by atoms with Crippen LogP contribution in [0, 0.1) is 11.3 Å². The fraction of sp³-hybridized carbons (Fsp3) is 0.278. The van der Waals surface area contributed by atoms with E-state index in [4.69, 9.17) is 15.4 Å². The summed E-state index contributed by atoms with van der Waals surface area (Å²) >= 11 is 0. The van der Waals surface area contributed by atoms with E-state index in [1.807, 2.05) is 30.3 Å². The number of aliphatic imine (C=N–C) groups is 1. The third-order valence-electron chi connectivity index (χ3n) is 3.90. The molecule has 0 spiro atoms. The number of aliphatic hydroxyl groups excluding tert-OH is 1. The Morgan fingerprint density at radius 3 is 2.86 bits per heavy atom. The second-order valence-electron chi connectivity index (χ2n) is 5.45. The molecule has 0 saturated carbocycles. The van der Waals surface area contributed by atoms with Crippen molar-refractivity contribution < 1.29 is 5.11 Å². The van der Waals surface area contributed by atoms with Crippen molar-refractivity contribution in [3.63, 3.8) is 0 Å². The molecular weight excluding hydrogens is 274 g/mol. The molecule has 1 aromatic heterocycles. The third-order valence-corrected chi connectivity index (χ3v) is 3.90. The highest BCUT2D eigenvalue weighted by molar-refractivity contribution is 5.89. The Morgan fingerprint density at radius 2 is 2.05 bits per heavy atom. The van der Waals surface area contributed by atoms with Gasteiger partial charge in [0.1, 0.15) is 0 Å². The number of hydrogen-bond acceptors (Lipinski definition) is 4. The molecule has 0 radical (unpaired) electrons. The number of aliphatic hydroxyl groups is 1. The summed E-state index contributed by atoms with van der Waals surface area (Å²) in [5, 5.41) is 18.1. The Hall–Kier alpha value is -2.51. The Kier molecular flexibility index (Phi) is 4.27. The molecule has 110 valence electrons. The van der Waals surface area contributed by atoms with E-state index in [9.17, 15) is 0 Å². The van der Waals surface area contributed by atoms with E-state index in [0.717, 1.165) is 48.2 Å². The van der Waals surface area contributed by atoms with Crippen LogP contribution in [0.15, 0.2) is 41.5 Å². The molecular formula is C18H17N3O. The fourth-order valence-electron chi connectivity index (χ4n) is 2.69. The molecule has 0 bridgehead atoms. The van der Waals surface area contributed by atoms with Crippen molar-refractivity contribution in [1.29, 1.82) is 5.26 Å². The molecule has 1 aliphatic rings. The van der Waals surface area contributed by atoms with Crippen LogP contribution in [-0.4, -0.2) is 15.8 Å². The van der Waals surface area contributed by atoms with Crippen molar-refractivity contribution in [1.82, 2.24) is 4.98 Å². The standard InChI is InChI=1S/C18H17N3O/c19-11-13-1-6-18-15(9-13)2-3-16(21-18)4-5-17-10-14(12-22)7-8-20-17/h1,6-10,22H,2-5,12H2. The summed E-state index contributed by atoms with van der Waals surface area (Å²) in [6.07, 6.45) is 5.32. The molecule has 3 rings (SSSR count). The van der Waals surface area contributed by atoms with Gasteiger partial charge in [0, 0.05) is 17.6 Å². The first-order chi connectivity index (χ1) is 10.8. The van der Waals surface area contributed by atoms with Crippen molar-refractivity contribution in [3.05, 3.63) is 58.9 Å². The zero-order chi connectivity index (χ0) is 15.4. The van der Waals surface area contributed by atoms with Crippen LogP contribution < -0.4 is 0 Å². The minimum atomic E-state index is 0.0467. The van der Waals surface area contributed by atoms with Gasteiger partial charge in [-0.3, -0.25) is 9.98 Å². The maximum atomic E-state index is 9.16. The second kappa shape index (κ2) is 6.50. The van der Waals surface area contributed by atoms with Crippen molar-refractivity contribution in [3.8, 4) is 6.07 Å². The lowest BCUT2D eigenvalue weighted by molar-refractivity contribution is 0.281. The van der Waals surface area contributed by atoms with Crippen molar-refractivity contribution >= 4 is 11.4 Å². The number of aryl methyl sites for hydroxylation is 2. The topological polar surface area (TPSA) is 69.3 Å². The van der Waals surface area contributed by atoms with Crippen LogP contribution in [-0.2, 0) is 19.4 Å². The van der Waals surface area contributed by atoms with E-state index < -0.39 is 0 Å². The third kappa shape index (κ3) is 3.21. The Morgan fingerprint density at radius 1 is 1.14 bits per heavy atom. The van der Waals surface area contributed by atoms with Gasteiger partial charge in [-0.25, -0.2) is 0 Å². The van der Waals surface area contributed by atoms with E-state index in [1.54, 1.807) is 6.20 Å². The quantitative estimate of drug-likeness (QED) is 0.941. The summed E-state index contributed by atoms with van der Waals surface area (Å²) in [6, 6.07) is 11.6. The molecule has 4 heteroatoms. The maximum Gasteiger partial charge on any atom is 0.0991 e. The Labute approximate surface area is 129 Å². The van der Waals surface area contributed by atoms with Gasteiger partial charge in [0.2, 0.25) is 0 Å². The molecule has 4 nitrogen and oxygen atoms in total. The van der Waals surface area contributed by atoms with Crippen LogP contribution in [0.3, 0.4) is 0 Å². The fourth-order valence-corrected chi connectivity index (χ4v) is 2.69. The lowest BCUT2D eigenvalue weighted by Gasteiger charge is -2.15. The lowest BCUT2D eigenvalue weighted by atomic mass is 9.97. The summed E-state index contributed by atoms with van der Waals surface area (Å²) in [7, 11) is 0. The average Bonchev–Trinajstić information content (AvgIpc) is 2.59. The molecule has 22 heavy (non-hydrogen) atoms. The SMILES string of the molecule is N#Cc1ccc2c(c1)CCC(CCc1cc(CO)ccn1)=N2. The molecule has 0 amide bonds. The van der Waals surface area contributed by atoms with E-state index in [1.165, 1.54) is 5.71 Å². The molecule has 2 heterocycles. The van der Waals surface area contributed by atoms with Crippen molar-refractivity contribution in [2.24, 2.45) is 4.99 Å². The number of pyridine rings is 1. The van der Waals surface area contributed by atoms with E-state index in [0.29, 0.717) is 5.56 Å². The zero-order valence-corrected chi connectivity index (χ0v) is 12.3. The highest BCUT2D eigenvalue weighted by atomic mass is 16.3. The summed E-state index contributed by atoms with van der Waals surface area (Å²) in [5.41, 5.74) is 5.89. The summed E-state index contributed by atoms with van der Waals surface area (Å²) in [5.74, 6) is 0. The number of nitriles is 1. The van der Waals surface area contributed by atoms with Crippen LogP contribution in [0.25, 0.3) is 0 Å². The molecule has 0 saturated heterocycles. The Bertz CT molecular complexity index is 759. The van der Waals surface area contributed by atoms with Gasteiger partial charge in [-0.2, -0.15) is 5.26 Å². The van der Waals surface area contributed by atoms with E-state index in [-0.39, 0.29) is 6.61 Å². The van der Waals surface area contributed by atoms with Gasteiger partial charge >= 0.3 is 0 Å². The van der Waals surface area contributed by atoms with E-state index >= 15 is 0 Å². The van der Waals surface area contributed by atoms with Gasteiger partial charge in [0.05, 0.1) is 23.9 Å². The molecule has 1 N–H and O–H groups in total. The van der Waals surface area contributed by atoms with Gasteiger partial charge in [0.25, 0.3) is 0 Å². The molecule has 1 aromatic carbocycles. The van der Waals surface area contributed by atoms with Gasteiger partial charge in [-0.15, -0.1) is 0 Å². The number of fused-ring (bicyclic) bond motifs is 1. The molecule has 1 aliphatic heterocycles. The highest BCUT2D eigenvalue weighted by Crippen LogP contribution is 2.27. The molecule has 0 aliphatic carbocycles. The first kappa shape index (κ1) is 14.4. The number of benzene rings is 1. The first-order valence-electron chi connectivity index (χ1n) is 7.42. The predicted molar refractivity (Wildman–Crippen MR) is 85.1 cm³/mol. The van der Waals surface area contributed by atoms with Crippen LogP contribution in [0.4, 0.5) is 5.69 Å². The number of aromatic nitrogens is 1. The van der Waals surface area contributed by atoms with Crippen LogP contribution in [0.2, 0.25) is 0 Å². The minimum absolute atomic E-state index is 0.0467. The number of hydrogen-bond donors (Lipinski definition) is 1. The minimum Gasteiger partial charge on any atom is -0.392 e. The first-order valence-corrected chi connectivity index (χ1v) is 7.42. The van der Waals surface area contributed by atoms with Gasteiger partial charge in [-0.1, -0.05) is 0 Å².